The van der Waals surface area contributed by atoms with E-state index in [1.165, 1.54) is 0 Å². The number of carbonyl (C=O) groups is 1. The van der Waals surface area contributed by atoms with E-state index in [0.717, 1.165) is 4.47 Å². The third kappa shape index (κ3) is 1.82. The molecule has 0 saturated carbocycles. The van der Waals surface area contributed by atoms with Crippen molar-refractivity contribution in [2.75, 3.05) is 0 Å². The van der Waals surface area contributed by atoms with E-state index in [1.807, 2.05) is 0 Å². The summed E-state index contributed by atoms with van der Waals surface area (Å²) in [4.78, 5) is 14.6. The van der Waals surface area contributed by atoms with Crippen LogP contribution in [0.1, 0.15) is 18.5 Å². The van der Waals surface area contributed by atoms with Gasteiger partial charge in [-0.1, -0.05) is 0 Å². The number of nitrogens with zero attached hydrogens (tertiary/aromatic N) is 1. The van der Waals surface area contributed by atoms with Crippen molar-refractivity contribution >= 4 is 21.9 Å². The van der Waals surface area contributed by atoms with Gasteiger partial charge in [0, 0.05) is 10.7 Å². The highest BCUT2D eigenvalue weighted by Crippen LogP contribution is 2.21. The molecule has 1 aromatic heterocycles. The van der Waals surface area contributed by atoms with Crippen molar-refractivity contribution in [3.05, 3.63) is 28.5 Å². The lowest BCUT2D eigenvalue weighted by Gasteiger charge is -2.06. The second-order valence-electron chi connectivity index (χ2n) is 2.43. The van der Waals surface area contributed by atoms with E-state index in [9.17, 15) is 4.79 Å². The van der Waals surface area contributed by atoms with Gasteiger partial charge in [-0.15, -0.1) is 0 Å². The number of hydrogen-bond acceptors (Lipinski definition) is 2. The number of halogens is 1. The lowest BCUT2D eigenvalue weighted by Crippen LogP contribution is -2.09. The number of rotatable bonds is 2. The molecule has 0 bridgehead atoms. The van der Waals surface area contributed by atoms with Crippen LogP contribution in [0.15, 0.2) is 22.8 Å². The lowest BCUT2D eigenvalue weighted by atomic mass is 10.1. The highest BCUT2D eigenvalue weighted by atomic mass is 79.9. The molecule has 0 aliphatic carbocycles. The molecule has 0 spiro atoms. The second kappa shape index (κ2) is 3.67. The molecule has 0 radical (unpaired) electrons. The van der Waals surface area contributed by atoms with E-state index in [2.05, 4.69) is 20.9 Å². The average Bonchev–Trinajstić information content (AvgIpc) is 2.04. The van der Waals surface area contributed by atoms with Gasteiger partial charge in [-0.05, 0) is 35.0 Å². The van der Waals surface area contributed by atoms with Crippen LogP contribution in [-0.4, -0.2) is 16.1 Å². The SMILES string of the molecule is CC(C(=O)O)c1ncccc1Br. The first-order chi connectivity index (χ1) is 5.63. The molecule has 12 heavy (non-hydrogen) atoms. The van der Waals surface area contributed by atoms with E-state index >= 15 is 0 Å². The van der Waals surface area contributed by atoms with Crippen LogP contribution >= 0.6 is 15.9 Å². The highest BCUT2D eigenvalue weighted by Gasteiger charge is 2.17. The fourth-order valence-electron chi connectivity index (χ4n) is 0.833. The Morgan fingerprint density at radius 1 is 1.75 bits per heavy atom. The molecule has 1 unspecified atom stereocenters. The molecule has 1 N–H and O–H groups in total. The van der Waals surface area contributed by atoms with Crippen molar-refractivity contribution < 1.29 is 9.90 Å². The normalized spacial score (nSPS) is 12.5. The van der Waals surface area contributed by atoms with E-state index in [-0.39, 0.29) is 0 Å². The summed E-state index contributed by atoms with van der Waals surface area (Å²) in [5.74, 6) is -1.44. The van der Waals surface area contributed by atoms with Crippen molar-refractivity contribution in [3.8, 4) is 0 Å². The Morgan fingerprint density at radius 2 is 2.42 bits per heavy atom. The van der Waals surface area contributed by atoms with E-state index in [4.69, 9.17) is 5.11 Å². The van der Waals surface area contributed by atoms with Gasteiger partial charge in [0.25, 0.3) is 0 Å². The molecule has 1 heterocycles. The van der Waals surface area contributed by atoms with E-state index in [1.54, 1.807) is 25.3 Å². The summed E-state index contributed by atoms with van der Waals surface area (Å²) >= 11 is 3.24. The summed E-state index contributed by atoms with van der Waals surface area (Å²) in [5.41, 5.74) is 0.560. The van der Waals surface area contributed by atoms with Crippen molar-refractivity contribution in [1.82, 2.24) is 4.98 Å². The fourth-order valence-corrected chi connectivity index (χ4v) is 1.43. The van der Waals surface area contributed by atoms with Gasteiger partial charge in [-0.25, -0.2) is 0 Å². The molecule has 1 rings (SSSR count). The van der Waals surface area contributed by atoms with Gasteiger partial charge < -0.3 is 5.11 Å². The topological polar surface area (TPSA) is 50.2 Å². The molecule has 64 valence electrons. The maximum absolute atomic E-state index is 10.6. The van der Waals surface area contributed by atoms with Gasteiger partial charge in [0.1, 0.15) is 0 Å². The van der Waals surface area contributed by atoms with Crippen molar-refractivity contribution in [2.45, 2.75) is 12.8 Å². The van der Waals surface area contributed by atoms with Crippen LogP contribution in [0.2, 0.25) is 0 Å². The van der Waals surface area contributed by atoms with E-state index < -0.39 is 11.9 Å². The lowest BCUT2D eigenvalue weighted by molar-refractivity contribution is -0.138. The predicted molar refractivity (Wildman–Crippen MR) is 48.0 cm³/mol. The third-order valence-electron chi connectivity index (χ3n) is 1.57. The molecule has 0 aliphatic rings. The number of aliphatic carboxylic acids is 1. The molecule has 3 nitrogen and oxygen atoms in total. The van der Waals surface area contributed by atoms with Gasteiger partial charge in [0.15, 0.2) is 0 Å². The van der Waals surface area contributed by atoms with Crippen LogP contribution in [0.25, 0.3) is 0 Å². The third-order valence-corrected chi connectivity index (χ3v) is 2.24. The Labute approximate surface area is 78.6 Å². The largest absolute Gasteiger partial charge is 0.481 e. The van der Waals surface area contributed by atoms with Gasteiger partial charge in [-0.2, -0.15) is 0 Å². The first kappa shape index (κ1) is 9.19. The minimum atomic E-state index is -0.866. The molecule has 1 aromatic rings. The Balaban J connectivity index is 3.02. The molecule has 0 saturated heterocycles. The summed E-state index contributed by atoms with van der Waals surface area (Å²) in [6.45, 7) is 1.61. The smallest absolute Gasteiger partial charge is 0.312 e. The Morgan fingerprint density at radius 3 is 2.92 bits per heavy atom. The van der Waals surface area contributed by atoms with Gasteiger partial charge in [0.05, 0.1) is 11.6 Å². The second-order valence-corrected chi connectivity index (χ2v) is 3.28. The first-order valence-electron chi connectivity index (χ1n) is 3.46. The Hall–Kier alpha value is -0.900. The number of carboxylic acids is 1. The van der Waals surface area contributed by atoms with Crippen LogP contribution in [0.4, 0.5) is 0 Å². The molecule has 4 heteroatoms. The summed E-state index contributed by atoms with van der Waals surface area (Å²) in [7, 11) is 0. The zero-order valence-electron chi connectivity index (χ0n) is 6.49. The summed E-state index contributed by atoms with van der Waals surface area (Å²) in [5, 5.41) is 8.70. The average molecular weight is 230 g/mol. The molecule has 0 aliphatic heterocycles. The number of carboxylic acid groups (broad SMARTS) is 1. The van der Waals surface area contributed by atoms with Gasteiger partial charge in [0.2, 0.25) is 0 Å². The first-order valence-corrected chi connectivity index (χ1v) is 4.25. The molecular weight excluding hydrogens is 222 g/mol. The minimum absolute atomic E-state index is 0.560. The predicted octanol–water partition coefficient (Wildman–Crippen LogP) is 2.03. The molecular formula is C8H8BrNO2. The standard InChI is InChI=1S/C8H8BrNO2/c1-5(8(11)12)7-6(9)3-2-4-10-7/h2-5H,1H3,(H,11,12). The Kier molecular flexibility index (Phi) is 2.81. The fraction of sp³-hybridized carbons (Fsp3) is 0.250. The number of hydrogen-bond donors (Lipinski definition) is 1. The Bertz CT molecular complexity index is 301. The maximum Gasteiger partial charge on any atom is 0.312 e. The molecule has 1 atom stereocenters. The van der Waals surface area contributed by atoms with Crippen LogP contribution < -0.4 is 0 Å². The van der Waals surface area contributed by atoms with Crippen LogP contribution in [-0.2, 0) is 4.79 Å². The zero-order valence-corrected chi connectivity index (χ0v) is 8.08. The molecule has 0 fully saturated rings. The van der Waals surface area contributed by atoms with Gasteiger partial charge >= 0.3 is 5.97 Å². The zero-order chi connectivity index (χ0) is 9.14. The number of aromatic nitrogens is 1. The summed E-state index contributed by atoms with van der Waals surface area (Å²) < 4.78 is 0.736. The molecule has 0 aromatic carbocycles. The molecule has 0 amide bonds. The highest BCUT2D eigenvalue weighted by molar-refractivity contribution is 9.10. The van der Waals surface area contributed by atoms with Crippen LogP contribution in [0.5, 0.6) is 0 Å². The van der Waals surface area contributed by atoms with Crippen molar-refractivity contribution in [2.24, 2.45) is 0 Å². The summed E-state index contributed by atoms with van der Waals surface area (Å²) in [6, 6.07) is 3.53. The quantitative estimate of drug-likeness (QED) is 0.845. The number of pyridine rings is 1. The van der Waals surface area contributed by atoms with E-state index in [0.29, 0.717) is 5.69 Å². The van der Waals surface area contributed by atoms with Crippen LogP contribution in [0.3, 0.4) is 0 Å². The van der Waals surface area contributed by atoms with Gasteiger partial charge in [-0.3, -0.25) is 9.78 Å². The minimum Gasteiger partial charge on any atom is -0.481 e. The van der Waals surface area contributed by atoms with Crippen molar-refractivity contribution in [1.29, 1.82) is 0 Å². The van der Waals surface area contributed by atoms with Crippen molar-refractivity contribution in [3.63, 3.8) is 0 Å². The van der Waals surface area contributed by atoms with Crippen LogP contribution in [0, 0.1) is 0 Å². The monoisotopic (exact) mass is 229 g/mol. The maximum atomic E-state index is 10.6. The summed E-state index contributed by atoms with van der Waals surface area (Å²) in [6.07, 6.45) is 1.58.